The van der Waals surface area contributed by atoms with Gasteiger partial charge in [-0.2, -0.15) is 0 Å². The largest absolute Gasteiger partial charge is 0.759 e. The van der Waals surface area contributed by atoms with Gasteiger partial charge in [0.2, 0.25) is 0 Å². The first-order valence-corrected chi connectivity index (χ1v) is 40.9. The Bertz CT molecular complexity index is 1200. The molecule has 0 amide bonds. The summed E-state index contributed by atoms with van der Waals surface area (Å²) in [6, 6.07) is 0. The van der Waals surface area contributed by atoms with Crippen LogP contribution in [0, 0.1) is 0 Å². The topological polar surface area (TPSA) is 80.3 Å². The third-order valence-corrected chi connectivity index (χ3v) is 19.0. The molecule has 0 fully saturated rings. The zero-order chi connectivity index (χ0) is 63.0. The molecule has 0 aliphatic rings. The van der Waals surface area contributed by atoms with Gasteiger partial charge in [0.15, 0.2) is 0 Å². The second-order valence-corrected chi connectivity index (χ2v) is 29.9. The molecule has 6 nitrogen and oxygen atoms in total. The van der Waals surface area contributed by atoms with Gasteiger partial charge in [-0.05, 0) is 51.4 Å². The highest BCUT2D eigenvalue weighted by molar-refractivity contribution is 7.79. The Balaban J connectivity index is -0.00000146. The van der Waals surface area contributed by atoms with E-state index in [1.54, 1.807) is 0 Å². The molecule has 85 heavy (non-hydrogen) atoms. The molecule has 0 aromatic heterocycles. The van der Waals surface area contributed by atoms with Crippen LogP contribution in [0.15, 0.2) is 0 Å². The van der Waals surface area contributed by atoms with Crippen molar-refractivity contribution in [2.75, 3.05) is 54.4 Å². The molecule has 0 bridgehead atoms. The Hall–Kier alpha value is -0.210. The van der Waals surface area contributed by atoms with Gasteiger partial charge in [-0.3, -0.25) is 8.42 Å². The highest BCUT2D eigenvalue weighted by Gasteiger charge is 2.15. The smallest absolute Gasteiger partial charge is 0.0782 e. The molecule has 0 N–H and O–H groups in total. The molecule has 0 unspecified atom stereocenters. The van der Waals surface area contributed by atoms with Gasteiger partial charge in [-0.15, -0.1) is 0 Å². The Morgan fingerprint density at radius 1 is 0.176 bits per heavy atom. The van der Waals surface area contributed by atoms with E-state index in [1.165, 1.54) is 459 Å². The first-order valence-electron chi connectivity index (χ1n) is 39.5. The van der Waals surface area contributed by atoms with Gasteiger partial charge in [0.05, 0.1) is 54.4 Å². The minimum atomic E-state index is -5.17. The molecule has 0 radical (unpaired) electrons. The van der Waals surface area contributed by atoms with Crippen molar-refractivity contribution in [3.63, 3.8) is 0 Å². The third-order valence-electron chi connectivity index (χ3n) is 19.0. The fourth-order valence-electron chi connectivity index (χ4n) is 12.9. The fraction of sp³-hybridized carbons (Fsp3) is 1.00. The second kappa shape index (κ2) is 74.5. The molecule has 7 heteroatoms. The predicted molar refractivity (Wildman–Crippen MR) is 382 cm³/mol. The van der Waals surface area contributed by atoms with Crippen molar-refractivity contribution < 1.29 is 26.5 Å². The van der Waals surface area contributed by atoms with Gasteiger partial charge in [-0.25, -0.2) is 0 Å². The summed E-state index contributed by atoms with van der Waals surface area (Å²) in [5.41, 5.74) is 0. The molecule has 0 aromatic carbocycles. The SMILES string of the molecule is CCCCCCCCCCCCCCCCCCC[N+](C)(C)CCCCCCCCCCCCCCCCCC.CCCCCCCCCCCCCCCCCCC[N+](C)(C)CCCCCCCCCCCCCCCCCC.O=S(=O)([O-])[O-]. The van der Waals surface area contributed by atoms with E-state index in [1.807, 2.05) is 0 Å². The third kappa shape index (κ3) is 92.6. The van der Waals surface area contributed by atoms with Crippen LogP contribution in [-0.4, -0.2) is 80.9 Å². The summed E-state index contributed by atoms with van der Waals surface area (Å²) in [7, 11) is 4.71. The lowest BCUT2D eigenvalue weighted by Gasteiger charge is -2.30. The van der Waals surface area contributed by atoms with Crippen molar-refractivity contribution in [1.29, 1.82) is 0 Å². The summed E-state index contributed by atoms with van der Waals surface area (Å²) in [4.78, 5) is 0. The van der Waals surface area contributed by atoms with E-state index in [2.05, 4.69) is 55.9 Å². The van der Waals surface area contributed by atoms with Crippen molar-refractivity contribution in [2.45, 2.75) is 451 Å². The summed E-state index contributed by atoms with van der Waals surface area (Å²) in [6.45, 7) is 14.8. The monoisotopic (exact) mass is 1230 g/mol. The molecule has 0 rings (SSSR count). The van der Waals surface area contributed by atoms with Gasteiger partial charge in [0, 0.05) is 10.4 Å². The molecular formula is C78H164N2O4S. The molecule has 0 atom stereocenters. The lowest BCUT2D eigenvalue weighted by atomic mass is 10.0. The molecule has 0 saturated heterocycles. The van der Waals surface area contributed by atoms with E-state index in [9.17, 15) is 0 Å². The first kappa shape index (κ1) is 89.0. The zero-order valence-electron chi connectivity index (χ0n) is 60.4. The minimum Gasteiger partial charge on any atom is -0.759 e. The van der Waals surface area contributed by atoms with Crippen LogP contribution < -0.4 is 0 Å². The zero-order valence-corrected chi connectivity index (χ0v) is 61.2. The lowest BCUT2D eigenvalue weighted by molar-refractivity contribution is -0.890. The molecule has 0 aromatic rings. The van der Waals surface area contributed by atoms with Crippen LogP contribution >= 0.6 is 0 Å². The summed E-state index contributed by atoms with van der Waals surface area (Å²) >= 11 is 0. The molecule has 516 valence electrons. The van der Waals surface area contributed by atoms with E-state index in [4.69, 9.17) is 17.5 Å². The normalized spacial score (nSPS) is 12.0. The van der Waals surface area contributed by atoms with Gasteiger partial charge >= 0.3 is 0 Å². The number of hydrogen-bond donors (Lipinski definition) is 0. The highest BCUT2D eigenvalue weighted by Crippen LogP contribution is 2.20. The summed E-state index contributed by atoms with van der Waals surface area (Å²) < 4.78 is 36.6. The molecular weight excluding hydrogens is 1060 g/mol. The Labute approximate surface area is 539 Å². The van der Waals surface area contributed by atoms with Crippen LogP contribution in [0.5, 0.6) is 0 Å². The van der Waals surface area contributed by atoms with Gasteiger partial charge in [0.1, 0.15) is 0 Å². The van der Waals surface area contributed by atoms with Gasteiger partial charge in [-0.1, -0.05) is 400 Å². The van der Waals surface area contributed by atoms with E-state index in [0.29, 0.717) is 0 Å². The summed E-state index contributed by atoms with van der Waals surface area (Å²) in [5.74, 6) is 0. The number of unbranched alkanes of at least 4 members (excludes halogenated alkanes) is 62. The van der Waals surface area contributed by atoms with Crippen LogP contribution in [0.2, 0.25) is 0 Å². The average Bonchev–Trinajstić information content (AvgIpc) is 3.52. The Morgan fingerprint density at radius 2 is 0.247 bits per heavy atom. The number of rotatable bonds is 70. The standard InChI is InChI=1S/2C39H82N.H2O4S/c2*1-5-7-9-11-13-15-17-19-21-23-25-27-29-31-33-35-37-39-40(3,4)38-36-34-32-30-28-26-24-22-20-18-16-14-12-10-8-6-2;1-5(2,3)4/h2*5-39H2,1-4H3;(H2,1,2,3,4)/q2*+1;/p-2. The summed E-state index contributed by atoms with van der Waals surface area (Å²) in [5, 5.41) is 0. The molecule has 0 aliphatic heterocycles. The van der Waals surface area contributed by atoms with E-state index in [0.717, 1.165) is 0 Å². The van der Waals surface area contributed by atoms with Crippen LogP contribution in [0.1, 0.15) is 451 Å². The summed E-state index contributed by atoms with van der Waals surface area (Å²) in [6.07, 6.45) is 96.8. The molecule has 0 spiro atoms. The van der Waals surface area contributed by atoms with Gasteiger partial charge in [0.25, 0.3) is 0 Å². The van der Waals surface area contributed by atoms with Crippen molar-refractivity contribution in [2.24, 2.45) is 0 Å². The quantitative estimate of drug-likeness (QED) is 0.0263. The van der Waals surface area contributed by atoms with Crippen LogP contribution in [-0.2, 0) is 10.4 Å². The predicted octanol–water partition coefficient (Wildman–Crippen LogP) is 26.6. The Morgan fingerprint density at radius 3 is 0.329 bits per heavy atom. The van der Waals surface area contributed by atoms with Crippen LogP contribution in [0.3, 0.4) is 0 Å². The maximum Gasteiger partial charge on any atom is 0.0782 e. The first-order chi connectivity index (χ1) is 41.2. The van der Waals surface area contributed by atoms with Crippen molar-refractivity contribution in [3.8, 4) is 0 Å². The lowest BCUT2D eigenvalue weighted by Crippen LogP contribution is -2.41. The molecule has 0 saturated carbocycles. The number of quaternary nitrogens is 2. The molecule has 0 aliphatic carbocycles. The average molecular weight is 1230 g/mol. The van der Waals surface area contributed by atoms with E-state index in [-0.39, 0.29) is 0 Å². The van der Waals surface area contributed by atoms with Crippen molar-refractivity contribution in [3.05, 3.63) is 0 Å². The van der Waals surface area contributed by atoms with E-state index < -0.39 is 10.4 Å². The van der Waals surface area contributed by atoms with Gasteiger partial charge < -0.3 is 18.1 Å². The Kier molecular flexibility index (Phi) is 78.0. The maximum absolute atomic E-state index is 8.52. The van der Waals surface area contributed by atoms with Crippen molar-refractivity contribution in [1.82, 2.24) is 0 Å². The minimum absolute atomic E-state index is 1.25. The molecule has 0 heterocycles. The highest BCUT2D eigenvalue weighted by atomic mass is 32.3. The number of hydrogen-bond acceptors (Lipinski definition) is 4. The van der Waals surface area contributed by atoms with Crippen LogP contribution in [0.4, 0.5) is 0 Å². The second-order valence-electron chi connectivity index (χ2n) is 29.1. The fourth-order valence-corrected chi connectivity index (χ4v) is 12.9. The maximum atomic E-state index is 8.52. The van der Waals surface area contributed by atoms with Crippen molar-refractivity contribution >= 4 is 10.4 Å². The van der Waals surface area contributed by atoms with Crippen LogP contribution in [0.25, 0.3) is 0 Å². The number of nitrogens with zero attached hydrogens (tertiary/aromatic N) is 2. The van der Waals surface area contributed by atoms with E-state index >= 15 is 0 Å².